The van der Waals surface area contributed by atoms with Gasteiger partial charge in [0.15, 0.2) is 0 Å². The Bertz CT molecular complexity index is 1460. The number of esters is 1. The van der Waals surface area contributed by atoms with Crippen LogP contribution in [-0.4, -0.2) is 26.1 Å². The van der Waals surface area contributed by atoms with E-state index in [2.05, 4.69) is 5.32 Å². The number of nitrogens with one attached hydrogen (secondary N) is 1. The van der Waals surface area contributed by atoms with Crippen molar-refractivity contribution < 1.29 is 28.2 Å². The van der Waals surface area contributed by atoms with E-state index in [1.54, 1.807) is 32.4 Å². The molecule has 1 aromatic heterocycles. The molecule has 0 aliphatic rings. The molecule has 4 aromatic rings. The van der Waals surface area contributed by atoms with E-state index >= 15 is 0 Å². The standard InChI is InChI=1S/C26H21NO7/c1-15(28)34-19-8-9-20-24(13-19)33-14-22(25(20)29)27-26(30)17-7-10-23(32-3)21(12-17)16-5-4-6-18(11-16)31-2/h4-14H,1-3H3,(H,27,30). The van der Waals surface area contributed by atoms with E-state index in [1.165, 1.54) is 25.1 Å². The largest absolute Gasteiger partial charge is 0.497 e. The molecule has 8 nitrogen and oxygen atoms in total. The molecule has 0 aliphatic heterocycles. The zero-order valence-corrected chi connectivity index (χ0v) is 18.7. The molecule has 4 rings (SSSR count). The van der Waals surface area contributed by atoms with Gasteiger partial charge in [-0.25, -0.2) is 0 Å². The second-order valence-electron chi connectivity index (χ2n) is 7.33. The third-order valence-electron chi connectivity index (χ3n) is 5.10. The van der Waals surface area contributed by atoms with Crippen molar-refractivity contribution in [3.8, 4) is 28.4 Å². The Labute approximate surface area is 194 Å². The number of fused-ring (bicyclic) bond motifs is 1. The SMILES string of the molecule is COc1cccc(-c2cc(C(=O)Nc3coc4cc(OC(C)=O)ccc4c3=O)ccc2OC)c1. The van der Waals surface area contributed by atoms with Gasteiger partial charge in [-0.15, -0.1) is 0 Å². The van der Waals surface area contributed by atoms with Crippen LogP contribution < -0.4 is 25.0 Å². The van der Waals surface area contributed by atoms with Crippen LogP contribution in [0.4, 0.5) is 5.69 Å². The molecular weight excluding hydrogens is 438 g/mol. The number of amides is 1. The van der Waals surface area contributed by atoms with Crippen molar-refractivity contribution in [3.63, 3.8) is 0 Å². The zero-order valence-electron chi connectivity index (χ0n) is 18.7. The number of carbonyl (C=O) groups is 2. The molecule has 34 heavy (non-hydrogen) atoms. The van der Waals surface area contributed by atoms with Crippen molar-refractivity contribution in [2.75, 3.05) is 19.5 Å². The summed E-state index contributed by atoms with van der Waals surface area (Å²) in [5.41, 5.74) is 1.61. The average molecular weight is 459 g/mol. The van der Waals surface area contributed by atoms with Gasteiger partial charge in [-0.2, -0.15) is 0 Å². The summed E-state index contributed by atoms with van der Waals surface area (Å²) in [7, 11) is 3.12. The summed E-state index contributed by atoms with van der Waals surface area (Å²) in [6, 6.07) is 16.7. The number of hydrogen-bond donors (Lipinski definition) is 1. The van der Waals surface area contributed by atoms with Crippen LogP contribution in [0.5, 0.6) is 17.2 Å². The summed E-state index contributed by atoms with van der Waals surface area (Å²) in [6.45, 7) is 1.28. The van der Waals surface area contributed by atoms with Gasteiger partial charge in [0, 0.05) is 24.1 Å². The molecule has 172 valence electrons. The predicted octanol–water partition coefficient (Wildman–Crippen LogP) is 4.65. The fraction of sp³-hybridized carbons (Fsp3) is 0.115. The lowest BCUT2D eigenvalue weighted by molar-refractivity contribution is -0.131. The summed E-state index contributed by atoms with van der Waals surface area (Å²) < 4.78 is 21.3. The summed E-state index contributed by atoms with van der Waals surface area (Å²) in [5, 5.41) is 2.84. The molecule has 0 saturated heterocycles. The molecule has 0 unspecified atom stereocenters. The molecular formula is C26H21NO7. The third kappa shape index (κ3) is 4.61. The average Bonchev–Trinajstić information content (AvgIpc) is 2.85. The molecule has 0 spiro atoms. The number of anilines is 1. The normalized spacial score (nSPS) is 10.6. The van der Waals surface area contributed by atoms with E-state index in [-0.39, 0.29) is 22.4 Å². The predicted molar refractivity (Wildman–Crippen MR) is 127 cm³/mol. The lowest BCUT2D eigenvalue weighted by Crippen LogP contribution is -2.18. The van der Waals surface area contributed by atoms with Gasteiger partial charge in [0.1, 0.15) is 34.8 Å². The fourth-order valence-electron chi connectivity index (χ4n) is 3.48. The maximum Gasteiger partial charge on any atom is 0.308 e. The number of rotatable bonds is 6. The molecule has 0 bridgehead atoms. The van der Waals surface area contributed by atoms with Crippen molar-refractivity contribution in [2.24, 2.45) is 0 Å². The molecule has 1 N–H and O–H groups in total. The lowest BCUT2D eigenvalue weighted by atomic mass is 10.0. The van der Waals surface area contributed by atoms with Gasteiger partial charge in [-0.1, -0.05) is 12.1 Å². The summed E-state index contributed by atoms with van der Waals surface area (Å²) >= 11 is 0. The van der Waals surface area contributed by atoms with Crippen LogP contribution in [0, 0.1) is 0 Å². The molecule has 1 heterocycles. The second kappa shape index (κ2) is 9.50. The van der Waals surface area contributed by atoms with E-state index < -0.39 is 17.3 Å². The van der Waals surface area contributed by atoms with Crippen LogP contribution >= 0.6 is 0 Å². The van der Waals surface area contributed by atoms with Crippen molar-refractivity contribution in [3.05, 3.63) is 82.7 Å². The van der Waals surface area contributed by atoms with E-state index in [4.69, 9.17) is 18.6 Å². The molecule has 0 saturated carbocycles. The van der Waals surface area contributed by atoms with Crippen molar-refractivity contribution in [2.45, 2.75) is 6.92 Å². The van der Waals surface area contributed by atoms with Crippen molar-refractivity contribution in [1.82, 2.24) is 0 Å². The first-order chi connectivity index (χ1) is 16.4. The Balaban J connectivity index is 1.65. The molecule has 1 amide bonds. The first-order valence-electron chi connectivity index (χ1n) is 10.3. The Morgan fingerprint density at radius 2 is 1.74 bits per heavy atom. The van der Waals surface area contributed by atoms with Gasteiger partial charge in [0.25, 0.3) is 5.91 Å². The highest BCUT2D eigenvalue weighted by Gasteiger charge is 2.16. The molecule has 0 radical (unpaired) electrons. The molecule has 0 fully saturated rings. The van der Waals surface area contributed by atoms with Gasteiger partial charge >= 0.3 is 5.97 Å². The Morgan fingerprint density at radius 1 is 0.912 bits per heavy atom. The maximum absolute atomic E-state index is 13.0. The van der Waals surface area contributed by atoms with Crippen LogP contribution in [0.3, 0.4) is 0 Å². The summed E-state index contributed by atoms with van der Waals surface area (Å²) in [6.07, 6.45) is 1.16. The smallest absolute Gasteiger partial charge is 0.308 e. The fourth-order valence-corrected chi connectivity index (χ4v) is 3.48. The van der Waals surface area contributed by atoms with Gasteiger partial charge < -0.3 is 23.9 Å². The van der Waals surface area contributed by atoms with Crippen molar-refractivity contribution >= 4 is 28.5 Å². The summed E-state index contributed by atoms with van der Waals surface area (Å²) in [4.78, 5) is 37.0. The van der Waals surface area contributed by atoms with Crippen molar-refractivity contribution in [1.29, 1.82) is 0 Å². The van der Waals surface area contributed by atoms with Crippen LogP contribution in [0.15, 0.2) is 76.1 Å². The van der Waals surface area contributed by atoms with Crippen LogP contribution in [-0.2, 0) is 4.79 Å². The number of carbonyl (C=O) groups excluding carboxylic acids is 2. The maximum atomic E-state index is 13.0. The number of hydrogen-bond acceptors (Lipinski definition) is 7. The monoisotopic (exact) mass is 459 g/mol. The molecule has 0 aliphatic carbocycles. The highest BCUT2D eigenvalue weighted by molar-refractivity contribution is 6.05. The minimum atomic E-state index is -0.491. The Kier molecular flexibility index (Phi) is 6.31. The highest BCUT2D eigenvalue weighted by atomic mass is 16.5. The number of benzene rings is 3. The topological polar surface area (TPSA) is 104 Å². The van der Waals surface area contributed by atoms with E-state index in [0.29, 0.717) is 22.6 Å². The molecule has 0 atom stereocenters. The zero-order chi connectivity index (χ0) is 24.2. The van der Waals surface area contributed by atoms with Gasteiger partial charge in [-0.05, 0) is 48.0 Å². The van der Waals surface area contributed by atoms with E-state index in [1.807, 2.05) is 24.3 Å². The Hall–Kier alpha value is -4.59. The van der Waals surface area contributed by atoms with Crippen LogP contribution in [0.1, 0.15) is 17.3 Å². The number of ether oxygens (including phenoxy) is 3. The Morgan fingerprint density at radius 3 is 2.47 bits per heavy atom. The first kappa shape index (κ1) is 22.6. The summed E-state index contributed by atoms with van der Waals surface area (Å²) in [5.74, 6) is 0.523. The minimum absolute atomic E-state index is 0.0171. The minimum Gasteiger partial charge on any atom is -0.497 e. The van der Waals surface area contributed by atoms with Gasteiger partial charge in [-0.3, -0.25) is 14.4 Å². The van der Waals surface area contributed by atoms with Gasteiger partial charge in [0.2, 0.25) is 5.43 Å². The van der Waals surface area contributed by atoms with Gasteiger partial charge in [0.05, 0.1) is 19.6 Å². The first-order valence-corrected chi connectivity index (χ1v) is 10.3. The second-order valence-corrected chi connectivity index (χ2v) is 7.33. The molecule has 8 heteroatoms. The quantitative estimate of drug-likeness (QED) is 0.330. The van der Waals surface area contributed by atoms with Crippen LogP contribution in [0.25, 0.3) is 22.1 Å². The van der Waals surface area contributed by atoms with E-state index in [0.717, 1.165) is 11.8 Å². The highest BCUT2D eigenvalue weighted by Crippen LogP contribution is 2.33. The van der Waals surface area contributed by atoms with Crippen LogP contribution in [0.2, 0.25) is 0 Å². The molecule has 3 aromatic carbocycles. The third-order valence-corrected chi connectivity index (χ3v) is 5.10. The lowest BCUT2D eigenvalue weighted by Gasteiger charge is -2.12. The number of methoxy groups -OCH3 is 2. The van der Waals surface area contributed by atoms with E-state index in [9.17, 15) is 14.4 Å².